The number of hydrogen-bond acceptors (Lipinski definition) is 5. The quantitative estimate of drug-likeness (QED) is 0.620. The second-order valence-corrected chi connectivity index (χ2v) is 7.61. The number of carbonyl (C=O) groups excluding carboxylic acids is 1. The zero-order valence-electron chi connectivity index (χ0n) is 17.6. The summed E-state index contributed by atoms with van der Waals surface area (Å²) in [5, 5.41) is 12.7. The summed E-state index contributed by atoms with van der Waals surface area (Å²) in [6, 6.07) is 13.0. The lowest BCUT2D eigenvalue weighted by Gasteiger charge is -2.27. The minimum Gasteiger partial charge on any atom is -0.545 e. The minimum atomic E-state index is -1.17. The van der Waals surface area contributed by atoms with Gasteiger partial charge in [-0.25, -0.2) is 4.98 Å². The smallest absolute Gasteiger partial charge is 0.161 e. The van der Waals surface area contributed by atoms with Crippen LogP contribution in [0.15, 0.2) is 55.1 Å². The molecule has 2 heterocycles. The first-order chi connectivity index (χ1) is 15.0. The van der Waals surface area contributed by atoms with Crippen LogP contribution in [0.1, 0.15) is 27.2 Å². The second kappa shape index (κ2) is 8.62. The lowest BCUT2D eigenvalue weighted by atomic mass is 9.92. The molecule has 0 spiro atoms. The van der Waals surface area contributed by atoms with Crippen molar-refractivity contribution in [3.63, 3.8) is 0 Å². The summed E-state index contributed by atoms with van der Waals surface area (Å²) in [5.41, 5.74) is 4.20. The molecule has 2 aromatic carbocycles. The number of hydrogen-bond donors (Lipinski definition) is 1. The van der Waals surface area contributed by atoms with E-state index in [2.05, 4.69) is 6.58 Å². The standard InChI is InChI=1S/C25H24N2O4/c1-4-11-31-21-10-9-16(13-22(21)30-3)12-17-14-27(2)15-19-23(25(28)29)18-7-5-6-8-20(18)26-24(17)19/h4-10,12-13H,1,11,14-15H2,2-3H3,(H,28,29)/b17-12+. The van der Waals surface area contributed by atoms with Crippen LogP contribution in [0.5, 0.6) is 11.5 Å². The van der Waals surface area contributed by atoms with Gasteiger partial charge in [0.1, 0.15) is 19.7 Å². The van der Waals surface area contributed by atoms with Crippen molar-refractivity contribution in [1.82, 2.24) is 4.98 Å². The molecule has 4 rings (SSSR count). The van der Waals surface area contributed by atoms with E-state index in [1.54, 1.807) is 19.3 Å². The average molecular weight is 416 g/mol. The molecule has 6 heteroatoms. The third-order valence-corrected chi connectivity index (χ3v) is 5.36. The van der Waals surface area contributed by atoms with Gasteiger partial charge in [-0.1, -0.05) is 36.9 Å². The highest BCUT2D eigenvalue weighted by molar-refractivity contribution is 6.05. The van der Waals surface area contributed by atoms with E-state index in [1.165, 1.54) is 4.90 Å². The predicted molar refractivity (Wildman–Crippen MR) is 118 cm³/mol. The molecule has 0 bridgehead atoms. The summed E-state index contributed by atoms with van der Waals surface area (Å²) in [5.74, 6) is 0.0869. The summed E-state index contributed by atoms with van der Waals surface area (Å²) in [6.07, 6.45) is 3.71. The van der Waals surface area contributed by atoms with Crippen molar-refractivity contribution in [2.24, 2.45) is 0 Å². The first-order valence-electron chi connectivity index (χ1n) is 10.1. The normalized spacial score (nSPS) is 16.7. The molecule has 3 aromatic rings. The molecule has 1 atom stereocenters. The highest BCUT2D eigenvalue weighted by Crippen LogP contribution is 2.32. The largest absolute Gasteiger partial charge is 0.545 e. The van der Waals surface area contributed by atoms with Crippen LogP contribution in [0.2, 0.25) is 0 Å². The van der Waals surface area contributed by atoms with Crippen LogP contribution in [0.3, 0.4) is 0 Å². The number of pyridine rings is 1. The van der Waals surface area contributed by atoms with E-state index in [0.717, 1.165) is 23.4 Å². The van der Waals surface area contributed by atoms with E-state index in [-0.39, 0.29) is 5.56 Å². The van der Waals surface area contributed by atoms with Crippen LogP contribution in [-0.4, -0.2) is 38.3 Å². The summed E-state index contributed by atoms with van der Waals surface area (Å²) in [4.78, 5) is 18.1. The van der Waals surface area contributed by atoms with Crippen molar-refractivity contribution in [3.05, 3.63) is 77.5 Å². The van der Waals surface area contributed by atoms with Gasteiger partial charge >= 0.3 is 0 Å². The zero-order valence-corrected chi connectivity index (χ0v) is 17.6. The van der Waals surface area contributed by atoms with Gasteiger partial charge in [0.05, 0.1) is 31.3 Å². The molecule has 31 heavy (non-hydrogen) atoms. The number of aromatic carboxylic acids is 1. The maximum Gasteiger partial charge on any atom is 0.161 e. The van der Waals surface area contributed by atoms with Gasteiger partial charge in [-0.15, -0.1) is 0 Å². The number of nitrogens with one attached hydrogen (secondary N) is 1. The zero-order chi connectivity index (χ0) is 22.0. The fourth-order valence-corrected chi connectivity index (χ4v) is 4.06. The molecule has 6 nitrogen and oxygen atoms in total. The lowest BCUT2D eigenvalue weighted by Crippen LogP contribution is -3.08. The molecule has 1 aromatic heterocycles. The molecule has 1 aliphatic heterocycles. The number of carbonyl (C=O) groups is 1. The number of aromatic nitrogens is 1. The van der Waals surface area contributed by atoms with Gasteiger partial charge in [-0.05, 0) is 29.8 Å². The van der Waals surface area contributed by atoms with Crippen LogP contribution in [0, 0.1) is 0 Å². The SMILES string of the molecule is C=CCOc1ccc(/C=C2\C[NH+](C)Cc3c2nc2ccccc2c3C(=O)[O-])cc1OC. The Morgan fingerprint density at radius 2 is 2.03 bits per heavy atom. The Morgan fingerprint density at radius 1 is 1.23 bits per heavy atom. The van der Waals surface area contributed by atoms with Crippen LogP contribution in [-0.2, 0) is 6.54 Å². The molecule has 1 aliphatic rings. The second-order valence-electron chi connectivity index (χ2n) is 7.61. The van der Waals surface area contributed by atoms with Crippen molar-refractivity contribution in [1.29, 1.82) is 0 Å². The number of likely N-dealkylation sites (N-methyl/N-ethyl adjacent to an activating group) is 1. The lowest BCUT2D eigenvalue weighted by molar-refractivity contribution is -0.887. The number of benzene rings is 2. The summed E-state index contributed by atoms with van der Waals surface area (Å²) >= 11 is 0. The van der Waals surface area contributed by atoms with E-state index in [0.29, 0.717) is 41.1 Å². The number of rotatable bonds is 6. The Labute approximate surface area is 181 Å². The average Bonchev–Trinajstić information content (AvgIpc) is 2.76. The van der Waals surface area contributed by atoms with E-state index in [9.17, 15) is 9.90 Å². The number of carboxylic acids is 1. The number of fused-ring (bicyclic) bond motifs is 2. The Kier molecular flexibility index (Phi) is 5.73. The molecule has 0 fully saturated rings. The van der Waals surface area contributed by atoms with Crippen LogP contribution in [0.25, 0.3) is 22.6 Å². The highest BCUT2D eigenvalue weighted by atomic mass is 16.5. The number of methoxy groups -OCH3 is 1. The summed E-state index contributed by atoms with van der Waals surface area (Å²) in [6.45, 7) is 5.35. The van der Waals surface area contributed by atoms with Gasteiger partial charge in [0.15, 0.2) is 11.5 Å². The molecular formula is C25H24N2O4. The summed E-state index contributed by atoms with van der Waals surface area (Å²) in [7, 11) is 3.64. The van der Waals surface area contributed by atoms with Crippen molar-refractivity contribution in [3.8, 4) is 11.5 Å². The molecule has 158 valence electrons. The molecule has 0 saturated carbocycles. The minimum absolute atomic E-state index is 0.233. The van der Waals surface area contributed by atoms with Gasteiger partial charge in [-0.2, -0.15) is 0 Å². The monoisotopic (exact) mass is 416 g/mol. The number of carboxylic acid groups (broad SMARTS) is 1. The number of nitrogens with zero attached hydrogens (tertiary/aromatic N) is 1. The Balaban J connectivity index is 1.86. The van der Waals surface area contributed by atoms with Crippen LogP contribution >= 0.6 is 0 Å². The third-order valence-electron chi connectivity index (χ3n) is 5.36. The van der Waals surface area contributed by atoms with E-state index in [4.69, 9.17) is 14.5 Å². The van der Waals surface area contributed by atoms with Gasteiger partial charge in [0, 0.05) is 22.1 Å². The van der Waals surface area contributed by atoms with Gasteiger partial charge in [0.25, 0.3) is 0 Å². The fourth-order valence-electron chi connectivity index (χ4n) is 4.06. The van der Waals surface area contributed by atoms with Gasteiger partial charge < -0.3 is 24.3 Å². The van der Waals surface area contributed by atoms with Crippen LogP contribution in [0.4, 0.5) is 0 Å². The number of ether oxygens (including phenoxy) is 2. The Bertz CT molecular complexity index is 1200. The molecule has 1 unspecified atom stereocenters. The molecule has 0 amide bonds. The summed E-state index contributed by atoms with van der Waals surface area (Å²) < 4.78 is 11.1. The third kappa shape index (κ3) is 4.02. The van der Waals surface area contributed by atoms with Crippen molar-refractivity contribution in [2.45, 2.75) is 6.54 Å². The maximum absolute atomic E-state index is 12.1. The number of quaternary nitrogens is 1. The maximum atomic E-state index is 12.1. The fraction of sp³-hybridized carbons (Fsp3) is 0.200. The van der Waals surface area contributed by atoms with E-state index in [1.807, 2.05) is 49.5 Å². The highest BCUT2D eigenvalue weighted by Gasteiger charge is 2.27. The van der Waals surface area contributed by atoms with E-state index < -0.39 is 5.97 Å². The topological polar surface area (TPSA) is 75.9 Å². The van der Waals surface area contributed by atoms with Crippen molar-refractivity contribution < 1.29 is 24.3 Å². The molecular weight excluding hydrogens is 392 g/mol. The predicted octanol–water partition coefficient (Wildman–Crippen LogP) is 1.74. The number of para-hydroxylation sites is 1. The van der Waals surface area contributed by atoms with Gasteiger partial charge in [-0.3, -0.25) is 0 Å². The van der Waals surface area contributed by atoms with Gasteiger partial charge in [0.2, 0.25) is 0 Å². The van der Waals surface area contributed by atoms with Crippen molar-refractivity contribution in [2.75, 3.05) is 27.3 Å². The first-order valence-corrected chi connectivity index (χ1v) is 10.1. The molecule has 1 N–H and O–H groups in total. The van der Waals surface area contributed by atoms with Crippen molar-refractivity contribution >= 4 is 28.5 Å². The molecule has 0 radical (unpaired) electrons. The molecule has 0 saturated heterocycles. The van der Waals surface area contributed by atoms with Crippen LogP contribution < -0.4 is 19.5 Å². The van der Waals surface area contributed by atoms with E-state index >= 15 is 0 Å². The molecule has 0 aliphatic carbocycles. The Morgan fingerprint density at radius 3 is 2.77 bits per heavy atom. The Hall–Kier alpha value is -3.64. The first kappa shape index (κ1) is 20.6.